The van der Waals surface area contributed by atoms with Crippen molar-refractivity contribution < 1.29 is 14.7 Å². The predicted molar refractivity (Wildman–Crippen MR) is 100 cm³/mol. The van der Waals surface area contributed by atoms with E-state index in [-0.39, 0.29) is 17.6 Å². The Kier molecular flexibility index (Phi) is 5.53. The number of hydrogen-bond donors (Lipinski definition) is 2. The van der Waals surface area contributed by atoms with Crippen LogP contribution in [0.15, 0.2) is 48.5 Å². The van der Waals surface area contributed by atoms with Crippen LogP contribution >= 0.6 is 0 Å². The first kappa shape index (κ1) is 17.9. The van der Waals surface area contributed by atoms with Crippen LogP contribution in [0.4, 0.5) is 5.69 Å². The Morgan fingerprint density at radius 3 is 2.38 bits per heavy atom. The van der Waals surface area contributed by atoms with Crippen molar-refractivity contribution in [2.45, 2.75) is 6.92 Å². The smallest absolute Gasteiger partial charge is 0.257 e. The number of carbonyl (C=O) groups is 2. The molecule has 6 heteroatoms. The zero-order chi connectivity index (χ0) is 18.5. The zero-order valence-electron chi connectivity index (χ0n) is 14.8. The average Bonchev–Trinajstić information content (AvgIpc) is 2.62. The van der Waals surface area contributed by atoms with Crippen LogP contribution in [0.3, 0.4) is 0 Å². The molecular weight excluding hydrogens is 330 g/mol. The summed E-state index contributed by atoms with van der Waals surface area (Å²) in [6, 6.07) is 14.4. The number of aromatic hydroxyl groups is 1. The van der Waals surface area contributed by atoms with Crippen molar-refractivity contribution in [3.63, 3.8) is 0 Å². The molecule has 136 valence electrons. The van der Waals surface area contributed by atoms with E-state index in [1.165, 1.54) is 0 Å². The lowest BCUT2D eigenvalue weighted by Gasteiger charge is -2.34. The second-order valence-electron chi connectivity index (χ2n) is 6.50. The second-order valence-corrected chi connectivity index (χ2v) is 6.50. The van der Waals surface area contributed by atoms with E-state index in [9.17, 15) is 14.7 Å². The highest BCUT2D eigenvalue weighted by Gasteiger charge is 2.24. The van der Waals surface area contributed by atoms with Crippen LogP contribution < -0.4 is 5.32 Å². The van der Waals surface area contributed by atoms with Crippen LogP contribution in [0.25, 0.3) is 0 Å². The molecule has 0 saturated carbocycles. The van der Waals surface area contributed by atoms with Gasteiger partial charge in [0.1, 0.15) is 5.75 Å². The number of nitrogens with one attached hydrogen (secondary N) is 1. The van der Waals surface area contributed by atoms with Gasteiger partial charge in [-0.15, -0.1) is 0 Å². The highest BCUT2D eigenvalue weighted by Crippen LogP contribution is 2.21. The standard InChI is InChI=1S/C20H23N3O3/c1-15-7-8-17(18(24)13-15)20(26)23-11-9-22(10-12-23)14-19(25)21-16-5-3-2-4-6-16/h2-8,13,24H,9-12,14H2,1H3,(H,21,25). The van der Waals surface area contributed by atoms with Gasteiger partial charge in [-0.3, -0.25) is 14.5 Å². The Labute approximate surface area is 153 Å². The summed E-state index contributed by atoms with van der Waals surface area (Å²) in [5.41, 5.74) is 2.01. The van der Waals surface area contributed by atoms with Crippen molar-refractivity contribution >= 4 is 17.5 Å². The fraction of sp³-hybridized carbons (Fsp3) is 0.300. The Hall–Kier alpha value is -2.86. The number of phenolic OH excluding ortho intramolecular Hbond substituents is 1. The molecule has 0 aromatic heterocycles. The van der Waals surface area contributed by atoms with Gasteiger partial charge in [-0.25, -0.2) is 0 Å². The molecule has 2 N–H and O–H groups in total. The quantitative estimate of drug-likeness (QED) is 0.883. The lowest BCUT2D eigenvalue weighted by Crippen LogP contribution is -2.50. The van der Waals surface area contributed by atoms with E-state index in [2.05, 4.69) is 5.32 Å². The number of benzene rings is 2. The third-order valence-electron chi connectivity index (χ3n) is 4.47. The van der Waals surface area contributed by atoms with Gasteiger partial charge in [0.2, 0.25) is 5.91 Å². The molecule has 2 aromatic rings. The monoisotopic (exact) mass is 353 g/mol. The number of carbonyl (C=O) groups excluding carboxylic acids is 2. The minimum Gasteiger partial charge on any atom is -0.507 e. The first-order chi connectivity index (χ1) is 12.5. The van der Waals surface area contributed by atoms with Crippen molar-refractivity contribution in [3.05, 3.63) is 59.7 Å². The fourth-order valence-electron chi connectivity index (χ4n) is 3.03. The minimum atomic E-state index is -0.170. The largest absolute Gasteiger partial charge is 0.507 e. The van der Waals surface area contributed by atoms with Crippen LogP contribution in [0.1, 0.15) is 15.9 Å². The molecular formula is C20H23N3O3. The average molecular weight is 353 g/mol. The molecule has 0 spiro atoms. The van der Waals surface area contributed by atoms with Crippen molar-refractivity contribution in [1.29, 1.82) is 0 Å². The van der Waals surface area contributed by atoms with Crippen molar-refractivity contribution in [2.75, 3.05) is 38.0 Å². The van der Waals surface area contributed by atoms with Crippen molar-refractivity contribution in [3.8, 4) is 5.75 Å². The van der Waals surface area contributed by atoms with Gasteiger partial charge in [0.15, 0.2) is 0 Å². The molecule has 0 radical (unpaired) electrons. The van der Waals surface area contributed by atoms with E-state index in [0.717, 1.165) is 11.3 Å². The maximum Gasteiger partial charge on any atom is 0.257 e. The molecule has 1 aliphatic heterocycles. The minimum absolute atomic E-state index is 0.0136. The van der Waals surface area contributed by atoms with Crippen LogP contribution in [-0.4, -0.2) is 59.4 Å². The van der Waals surface area contributed by atoms with Gasteiger partial charge in [-0.2, -0.15) is 0 Å². The van der Waals surface area contributed by atoms with Gasteiger partial charge < -0.3 is 15.3 Å². The highest BCUT2D eigenvalue weighted by atomic mass is 16.3. The molecule has 1 aliphatic rings. The number of rotatable bonds is 4. The molecule has 1 heterocycles. The van der Waals surface area contributed by atoms with Crippen molar-refractivity contribution in [2.24, 2.45) is 0 Å². The van der Waals surface area contributed by atoms with E-state index in [4.69, 9.17) is 0 Å². The molecule has 1 fully saturated rings. The third-order valence-corrected chi connectivity index (χ3v) is 4.47. The van der Waals surface area contributed by atoms with E-state index in [1.54, 1.807) is 17.0 Å². The highest BCUT2D eigenvalue weighted by molar-refractivity contribution is 5.97. The number of nitrogens with zero attached hydrogens (tertiary/aromatic N) is 2. The Bertz CT molecular complexity index is 784. The molecule has 0 atom stereocenters. The zero-order valence-corrected chi connectivity index (χ0v) is 14.8. The Morgan fingerprint density at radius 1 is 1.04 bits per heavy atom. The summed E-state index contributed by atoms with van der Waals surface area (Å²) in [4.78, 5) is 28.4. The maximum atomic E-state index is 12.6. The summed E-state index contributed by atoms with van der Waals surface area (Å²) < 4.78 is 0. The van der Waals surface area contributed by atoms with Gasteiger partial charge in [0.05, 0.1) is 12.1 Å². The number of aryl methyl sites for hydroxylation is 1. The van der Waals surface area contributed by atoms with Gasteiger partial charge in [0, 0.05) is 31.9 Å². The SMILES string of the molecule is Cc1ccc(C(=O)N2CCN(CC(=O)Nc3ccccc3)CC2)c(O)c1. The first-order valence-corrected chi connectivity index (χ1v) is 8.69. The number of hydrogen-bond acceptors (Lipinski definition) is 4. The number of amides is 2. The first-order valence-electron chi connectivity index (χ1n) is 8.69. The van der Waals surface area contributed by atoms with Crippen molar-refractivity contribution in [1.82, 2.24) is 9.80 Å². The van der Waals surface area contributed by atoms with E-state index in [0.29, 0.717) is 38.3 Å². The molecule has 26 heavy (non-hydrogen) atoms. The van der Waals surface area contributed by atoms with Crippen LogP contribution in [-0.2, 0) is 4.79 Å². The van der Waals surface area contributed by atoms with Gasteiger partial charge >= 0.3 is 0 Å². The Morgan fingerprint density at radius 2 is 1.73 bits per heavy atom. The Balaban J connectivity index is 1.51. The summed E-state index contributed by atoms with van der Waals surface area (Å²) in [6.07, 6.45) is 0. The summed E-state index contributed by atoms with van der Waals surface area (Å²) in [5, 5.41) is 12.9. The molecule has 0 aliphatic carbocycles. The lowest BCUT2D eigenvalue weighted by molar-refractivity contribution is -0.117. The maximum absolute atomic E-state index is 12.6. The predicted octanol–water partition coefficient (Wildman–Crippen LogP) is 2.10. The van der Waals surface area contributed by atoms with Gasteiger partial charge in [-0.05, 0) is 36.8 Å². The van der Waals surface area contributed by atoms with E-state index in [1.807, 2.05) is 48.2 Å². The number of phenols is 1. The molecule has 0 bridgehead atoms. The van der Waals surface area contributed by atoms with Crippen LogP contribution in [0.2, 0.25) is 0 Å². The topological polar surface area (TPSA) is 72.9 Å². The van der Waals surface area contributed by atoms with Crippen LogP contribution in [0, 0.1) is 6.92 Å². The normalized spacial score (nSPS) is 14.9. The third kappa shape index (κ3) is 4.40. The molecule has 0 unspecified atom stereocenters. The van der Waals surface area contributed by atoms with Gasteiger partial charge in [-0.1, -0.05) is 24.3 Å². The number of piperazine rings is 1. The second kappa shape index (κ2) is 8.01. The fourth-order valence-corrected chi connectivity index (χ4v) is 3.03. The summed E-state index contributed by atoms with van der Waals surface area (Å²) in [5.74, 6) is -0.220. The van der Waals surface area contributed by atoms with Crippen LogP contribution in [0.5, 0.6) is 5.75 Å². The lowest BCUT2D eigenvalue weighted by atomic mass is 10.1. The van der Waals surface area contributed by atoms with E-state index >= 15 is 0 Å². The van der Waals surface area contributed by atoms with E-state index < -0.39 is 0 Å². The number of para-hydroxylation sites is 1. The molecule has 3 rings (SSSR count). The summed E-state index contributed by atoms with van der Waals surface area (Å²) in [6.45, 7) is 4.48. The molecule has 1 saturated heterocycles. The summed E-state index contributed by atoms with van der Waals surface area (Å²) in [7, 11) is 0. The molecule has 2 aromatic carbocycles. The van der Waals surface area contributed by atoms with Gasteiger partial charge in [0.25, 0.3) is 5.91 Å². The number of anilines is 1. The molecule has 6 nitrogen and oxygen atoms in total. The molecule has 2 amide bonds. The summed E-state index contributed by atoms with van der Waals surface area (Å²) >= 11 is 0.